The molecule has 59 heavy (non-hydrogen) atoms. The van der Waals surface area contributed by atoms with E-state index in [-0.39, 0.29) is 5.41 Å². The van der Waals surface area contributed by atoms with Gasteiger partial charge in [0.1, 0.15) is 0 Å². The number of anilines is 3. The molecule has 0 saturated carbocycles. The predicted octanol–water partition coefficient (Wildman–Crippen LogP) is 16.5. The van der Waals surface area contributed by atoms with Crippen LogP contribution in [0.3, 0.4) is 0 Å². The van der Waals surface area contributed by atoms with Gasteiger partial charge >= 0.3 is 0 Å². The number of fused-ring (bicyclic) bond motifs is 6. The largest absolute Gasteiger partial charge is 0.311 e. The molecule has 1 aliphatic carbocycles. The van der Waals surface area contributed by atoms with Gasteiger partial charge in [-0.2, -0.15) is 0 Å². The fourth-order valence-electron chi connectivity index (χ4n) is 9.39. The highest BCUT2D eigenvalue weighted by molar-refractivity contribution is 7.26. The van der Waals surface area contributed by atoms with Crippen LogP contribution in [0, 0.1) is 0 Å². The molecule has 0 N–H and O–H groups in total. The Balaban J connectivity index is 0.968. The normalized spacial score (nSPS) is 12.7. The van der Waals surface area contributed by atoms with E-state index in [4.69, 9.17) is 0 Å². The number of hydrogen-bond donors (Lipinski definition) is 0. The molecule has 2 heteroatoms. The second-order valence-corrected chi connectivity index (χ2v) is 17.2. The number of para-hydroxylation sites is 1. The van der Waals surface area contributed by atoms with E-state index in [0.29, 0.717) is 0 Å². The third kappa shape index (κ3) is 5.99. The number of nitrogens with zero attached hydrogens (tertiary/aromatic N) is 1. The molecule has 1 nitrogen and oxygen atoms in total. The van der Waals surface area contributed by atoms with Crippen molar-refractivity contribution in [2.45, 2.75) is 19.3 Å². The molecule has 280 valence electrons. The lowest BCUT2D eigenvalue weighted by Crippen LogP contribution is -2.16. The number of thiophene rings is 1. The molecule has 9 aromatic carbocycles. The van der Waals surface area contributed by atoms with Crippen molar-refractivity contribution in [1.82, 2.24) is 0 Å². The summed E-state index contributed by atoms with van der Waals surface area (Å²) in [5, 5.41) is 2.65. The Bertz CT molecular complexity index is 3140. The molecule has 0 fully saturated rings. The van der Waals surface area contributed by atoms with Gasteiger partial charge in [-0.1, -0.05) is 166 Å². The molecule has 1 aliphatic rings. The standard InChI is InChI=1S/C57H41NS/c1-57(2)53-34-29-42(35-51(53)52-37-43(38-15-6-3-7-16-38)36-50(55(52)57)40-17-8-4-9-18-40)39-25-30-45(31-26-39)58(44-19-10-5-11-20-44)46-32-27-41(28-33-46)47-22-14-23-49-48-21-12-13-24-54(48)59-56(47)49/h3-37H,1-2H3. The van der Waals surface area contributed by atoms with Crippen molar-refractivity contribution < 1.29 is 0 Å². The molecule has 0 saturated heterocycles. The maximum Gasteiger partial charge on any atom is 0.0462 e. The van der Waals surface area contributed by atoms with Crippen molar-refractivity contribution in [3.63, 3.8) is 0 Å². The molecule has 1 heterocycles. The lowest BCUT2D eigenvalue weighted by atomic mass is 9.78. The molecule has 0 amide bonds. The second kappa shape index (κ2) is 14.1. The van der Waals surface area contributed by atoms with E-state index in [1.54, 1.807) is 0 Å². The highest BCUT2D eigenvalue weighted by atomic mass is 32.1. The van der Waals surface area contributed by atoms with Gasteiger partial charge < -0.3 is 4.90 Å². The first-order valence-corrected chi connectivity index (χ1v) is 21.2. The Hall–Kier alpha value is -7.00. The third-order valence-electron chi connectivity index (χ3n) is 12.3. The highest BCUT2D eigenvalue weighted by Gasteiger charge is 2.38. The predicted molar refractivity (Wildman–Crippen MR) is 253 cm³/mol. The fraction of sp³-hybridized carbons (Fsp3) is 0.0526. The SMILES string of the molecule is CC1(C)c2ccc(-c3ccc(N(c4ccccc4)c4ccc(-c5cccc6c5sc5ccccc56)cc4)cc3)cc2-c2cc(-c3ccccc3)cc(-c3ccccc3)c21. The molecular formula is C57H41NS. The van der Waals surface area contributed by atoms with Gasteiger partial charge in [0, 0.05) is 42.6 Å². The molecule has 10 aromatic rings. The molecule has 0 bridgehead atoms. The Morgan fingerprint density at radius 1 is 0.356 bits per heavy atom. The summed E-state index contributed by atoms with van der Waals surface area (Å²) in [7, 11) is 0. The Morgan fingerprint density at radius 2 is 0.864 bits per heavy atom. The first kappa shape index (κ1) is 35.2. The van der Waals surface area contributed by atoms with Crippen molar-refractivity contribution in [3.8, 4) is 55.6 Å². The van der Waals surface area contributed by atoms with Crippen LogP contribution < -0.4 is 4.90 Å². The minimum Gasteiger partial charge on any atom is -0.311 e. The summed E-state index contributed by atoms with van der Waals surface area (Å²) >= 11 is 1.88. The van der Waals surface area contributed by atoms with E-state index < -0.39 is 0 Å². The minimum atomic E-state index is -0.149. The molecule has 11 rings (SSSR count). The summed E-state index contributed by atoms with van der Waals surface area (Å²) in [6, 6.07) is 77.9. The smallest absolute Gasteiger partial charge is 0.0462 e. The van der Waals surface area contributed by atoms with Crippen molar-refractivity contribution in [2.75, 3.05) is 4.90 Å². The fourth-order valence-corrected chi connectivity index (χ4v) is 10.6. The lowest BCUT2D eigenvalue weighted by Gasteiger charge is -2.26. The van der Waals surface area contributed by atoms with E-state index in [0.717, 1.165) is 17.1 Å². The van der Waals surface area contributed by atoms with Crippen LogP contribution in [-0.2, 0) is 5.41 Å². The average molecular weight is 772 g/mol. The zero-order valence-corrected chi connectivity index (χ0v) is 33.9. The van der Waals surface area contributed by atoms with Crippen molar-refractivity contribution in [1.29, 1.82) is 0 Å². The molecular weight excluding hydrogens is 731 g/mol. The summed E-state index contributed by atoms with van der Waals surface area (Å²) < 4.78 is 2.66. The zero-order valence-electron chi connectivity index (χ0n) is 33.1. The topological polar surface area (TPSA) is 3.24 Å². The molecule has 0 unspecified atom stereocenters. The monoisotopic (exact) mass is 771 g/mol. The van der Waals surface area contributed by atoms with Crippen LogP contribution in [0.25, 0.3) is 75.8 Å². The number of benzene rings is 9. The summed E-state index contributed by atoms with van der Waals surface area (Å²) in [6.45, 7) is 4.77. The maximum atomic E-state index is 2.42. The second-order valence-electron chi connectivity index (χ2n) is 16.1. The molecule has 0 spiro atoms. The van der Waals surface area contributed by atoms with Gasteiger partial charge in [0.05, 0.1) is 0 Å². The van der Waals surface area contributed by atoms with Gasteiger partial charge in [-0.05, 0) is 127 Å². The van der Waals surface area contributed by atoms with Gasteiger partial charge in [-0.3, -0.25) is 0 Å². The van der Waals surface area contributed by atoms with Gasteiger partial charge in [-0.25, -0.2) is 0 Å². The van der Waals surface area contributed by atoms with E-state index >= 15 is 0 Å². The van der Waals surface area contributed by atoms with Gasteiger partial charge in [-0.15, -0.1) is 11.3 Å². The van der Waals surface area contributed by atoms with E-state index in [2.05, 4.69) is 231 Å². The summed E-state index contributed by atoms with van der Waals surface area (Å²) in [5.74, 6) is 0. The summed E-state index contributed by atoms with van der Waals surface area (Å²) in [5.41, 5.74) is 18.6. The van der Waals surface area contributed by atoms with Crippen LogP contribution in [0.2, 0.25) is 0 Å². The summed E-state index contributed by atoms with van der Waals surface area (Å²) in [6.07, 6.45) is 0. The summed E-state index contributed by atoms with van der Waals surface area (Å²) in [4.78, 5) is 2.35. The van der Waals surface area contributed by atoms with Crippen LogP contribution in [0.1, 0.15) is 25.0 Å². The quantitative estimate of drug-likeness (QED) is 0.156. The van der Waals surface area contributed by atoms with Crippen LogP contribution in [0.4, 0.5) is 17.1 Å². The minimum absolute atomic E-state index is 0.149. The Morgan fingerprint density at radius 3 is 1.58 bits per heavy atom. The van der Waals surface area contributed by atoms with Crippen molar-refractivity contribution in [3.05, 3.63) is 223 Å². The Kier molecular flexibility index (Phi) is 8.43. The molecule has 0 aliphatic heterocycles. The molecule has 0 atom stereocenters. The van der Waals surface area contributed by atoms with Gasteiger partial charge in [0.15, 0.2) is 0 Å². The van der Waals surface area contributed by atoms with E-state index in [1.807, 2.05) is 11.3 Å². The maximum absolute atomic E-state index is 2.42. The average Bonchev–Trinajstić information content (AvgIpc) is 3.79. The van der Waals surface area contributed by atoms with Crippen LogP contribution in [0.5, 0.6) is 0 Å². The first-order valence-electron chi connectivity index (χ1n) is 20.4. The third-order valence-corrected chi connectivity index (χ3v) is 13.5. The number of rotatable bonds is 7. The zero-order chi connectivity index (χ0) is 39.5. The van der Waals surface area contributed by atoms with Crippen LogP contribution >= 0.6 is 11.3 Å². The van der Waals surface area contributed by atoms with E-state index in [1.165, 1.54) is 86.9 Å². The highest BCUT2D eigenvalue weighted by Crippen LogP contribution is 2.54. The van der Waals surface area contributed by atoms with Crippen molar-refractivity contribution in [2.24, 2.45) is 0 Å². The molecule has 0 radical (unpaired) electrons. The Labute approximate surface area is 350 Å². The van der Waals surface area contributed by atoms with Crippen LogP contribution in [-0.4, -0.2) is 0 Å². The van der Waals surface area contributed by atoms with Gasteiger partial charge in [0.2, 0.25) is 0 Å². The van der Waals surface area contributed by atoms with Gasteiger partial charge in [0.25, 0.3) is 0 Å². The lowest BCUT2D eigenvalue weighted by molar-refractivity contribution is 0.662. The first-order chi connectivity index (χ1) is 29.0. The molecule has 1 aromatic heterocycles. The van der Waals surface area contributed by atoms with Crippen molar-refractivity contribution >= 4 is 48.6 Å². The van der Waals surface area contributed by atoms with E-state index in [9.17, 15) is 0 Å². The number of hydrogen-bond acceptors (Lipinski definition) is 2. The van der Waals surface area contributed by atoms with Crippen LogP contribution in [0.15, 0.2) is 212 Å².